The Morgan fingerprint density at radius 3 is 2.67 bits per heavy atom. The fourth-order valence-electron chi connectivity index (χ4n) is 4.23. The highest BCUT2D eigenvalue weighted by molar-refractivity contribution is 5.92. The molecule has 2 aliphatic rings. The van der Waals surface area contributed by atoms with Crippen LogP contribution in [0.5, 0.6) is 0 Å². The molecule has 8 nitrogen and oxygen atoms in total. The smallest absolute Gasteiger partial charge is 0.272 e. The molecule has 2 aliphatic heterocycles. The van der Waals surface area contributed by atoms with Crippen molar-refractivity contribution < 1.29 is 9.59 Å². The third-order valence-corrected chi connectivity index (χ3v) is 5.96. The lowest BCUT2D eigenvalue weighted by Crippen LogP contribution is -2.41. The first kappa shape index (κ1) is 20.3. The number of rotatable bonds is 4. The van der Waals surface area contributed by atoms with E-state index in [0.29, 0.717) is 56.1 Å². The average molecular weight is 409 g/mol. The maximum Gasteiger partial charge on any atom is 0.272 e. The Labute approximate surface area is 175 Å². The zero-order chi connectivity index (χ0) is 21.1. The molecule has 1 N–H and O–H groups in total. The van der Waals surface area contributed by atoms with Crippen LogP contribution in [0.3, 0.4) is 0 Å². The summed E-state index contributed by atoms with van der Waals surface area (Å²) in [5.41, 5.74) is 1.73. The summed E-state index contributed by atoms with van der Waals surface area (Å²) in [4.78, 5) is 52.9. The molecule has 1 saturated heterocycles. The number of piperidine rings is 1. The number of pyridine rings is 1. The van der Waals surface area contributed by atoms with E-state index in [1.54, 1.807) is 23.2 Å². The van der Waals surface area contributed by atoms with Crippen LogP contribution in [0.15, 0.2) is 29.2 Å². The molecule has 0 bridgehead atoms. The minimum atomic E-state index is -0.143. The van der Waals surface area contributed by atoms with Gasteiger partial charge in [0.15, 0.2) is 0 Å². The second kappa shape index (κ2) is 8.77. The second-order valence-electron chi connectivity index (χ2n) is 7.97. The summed E-state index contributed by atoms with van der Waals surface area (Å²) in [6, 6.07) is 5.33. The van der Waals surface area contributed by atoms with Crippen LogP contribution in [-0.4, -0.2) is 56.2 Å². The van der Waals surface area contributed by atoms with Gasteiger partial charge >= 0.3 is 0 Å². The van der Waals surface area contributed by atoms with Gasteiger partial charge in [0.1, 0.15) is 11.5 Å². The van der Waals surface area contributed by atoms with Crippen LogP contribution in [0, 0.1) is 0 Å². The molecule has 158 valence electrons. The van der Waals surface area contributed by atoms with Gasteiger partial charge in [0, 0.05) is 44.6 Å². The predicted molar refractivity (Wildman–Crippen MR) is 111 cm³/mol. The van der Waals surface area contributed by atoms with Crippen LogP contribution in [0.4, 0.5) is 0 Å². The first-order valence-electron chi connectivity index (χ1n) is 10.7. The molecule has 0 aliphatic carbocycles. The van der Waals surface area contributed by atoms with Crippen LogP contribution < -0.4 is 5.56 Å². The van der Waals surface area contributed by atoms with Gasteiger partial charge in [0.05, 0.1) is 17.8 Å². The lowest BCUT2D eigenvalue weighted by molar-refractivity contribution is -0.132. The Hall–Kier alpha value is -3.03. The molecular weight excluding hydrogens is 382 g/mol. The van der Waals surface area contributed by atoms with Crippen molar-refractivity contribution in [2.45, 2.75) is 51.5 Å². The zero-order valence-corrected chi connectivity index (χ0v) is 17.3. The molecular formula is C22H27N5O3. The van der Waals surface area contributed by atoms with Crippen molar-refractivity contribution >= 4 is 11.8 Å². The van der Waals surface area contributed by atoms with Crippen molar-refractivity contribution in [3.05, 3.63) is 57.5 Å². The largest absolute Gasteiger partial charge is 0.338 e. The van der Waals surface area contributed by atoms with Gasteiger partial charge in [0.25, 0.3) is 11.5 Å². The van der Waals surface area contributed by atoms with E-state index in [0.717, 1.165) is 25.0 Å². The molecule has 0 spiro atoms. The lowest BCUT2D eigenvalue weighted by atomic mass is 9.95. The van der Waals surface area contributed by atoms with Gasteiger partial charge in [-0.2, -0.15) is 0 Å². The third-order valence-electron chi connectivity index (χ3n) is 5.96. The molecule has 0 atom stereocenters. The molecule has 8 heteroatoms. The van der Waals surface area contributed by atoms with E-state index in [1.807, 2.05) is 17.9 Å². The van der Waals surface area contributed by atoms with Gasteiger partial charge in [0.2, 0.25) is 5.91 Å². The molecule has 2 aromatic rings. The number of likely N-dealkylation sites (tertiary alicyclic amines) is 1. The zero-order valence-electron chi connectivity index (χ0n) is 17.3. The van der Waals surface area contributed by atoms with Gasteiger partial charge < -0.3 is 14.8 Å². The van der Waals surface area contributed by atoms with Crippen LogP contribution >= 0.6 is 0 Å². The highest BCUT2D eigenvalue weighted by Crippen LogP contribution is 2.27. The van der Waals surface area contributed by atoms with Crippen LogP contribution in [0.1, 0.15) is 66.1 Å². The maximum absolute atomic E-state index is 12.7. The monoisotopic (exact) mass is 409 g/mol. The lowest BCUT2D eigenvalue weighted by Gasteiger charge is -2.32. The van der Waals surface area contributed by atoms with Gasteiger partial charge in [-0.05, 0) is 31.4 Å². The second-order valence-corrected chi connectivity index (χ2v) is 7.97. The molecule has 0 unspecified atom stereocenters. The number of carbonyl (C=O) groups is 2. The SMILES string of the molecule is CCCC(=O)N1CCc2nc(C3CCN(C(=O)c4ccccn4)CC3)[nH]c(=O)c2C1. The van der Waals surface area contributed by atoms with Crippen LogP contribution in [0.2, 0.25) is 0 Å². The average Bonchev–Trinajstić information content (AvgIpc) is 2.79. The van der Waals surface area contributed by atoms with Crippen molar-refractivity contribution in [1.29, 1.82) is 0 Å². The Balaban J connectivity index is 1.43. The van der Waals surface area contributed by atoms with E-state index in [2.05, 4.69) is 9.97 Å². The van der Waals surface area contributed by atoms with Crippen LogP contribution in [0.25, 0.3) is 0 Å². The minimum Gasteiger partial charge on any atom is -0.338 e. The van der Waals surface area contributed by atoms with E-state index in [1.165, 1.54) is 0 Å². The molecule has 0 aromatic carbocycles. The summed E-state index contributed by atoms with van der Waals surface area (Å²) >= 11 is 0. The number of nitrogens with one attached hydrogen (secondary N) is 1. The summed E-state index contributed by atoms with van der Waals surface area (Å²) in [6.07, 6.45) is 5.05. The predicted octanol–water partition coefficient (Wildman–Crippen LogP) is 1.87. The van der Waals surface area contributed by atoms with Crippen molar-refractivity contribution in [1.82, 2.24) is 24.8 Å². The fourth-order valence-corrected chi connectivity index (χ4v) is 4.23. The Morgan fingerprint density at radius 1 is 1.17 bits per heavy atom. The summed E-state index contributed by atoms with van der Waals surface area (Å²) in [5.74, 6) is 0.863. The van der Waals surface area contributed by atoms with Crippen molar-refractivity contribution in [2.24, 2.45) is 0 Å². The summed E-state index contributed by atoms with van der Waals surface area (Å²) in [5, 5.41) is 0. The molecule has 1 fully saturated rings. The highest BCUT2D eigenvalue weighted by atomic mass is 16.2. The number of aromatic nitrogens is 3. The number of nitrogens with zero attached hydrogens (tertiary/aromatic N) is 4. The fraction of sp³-hybridized carbons (Fsp3) is 0.500. The number of H-pyrrole nitrogens is 1. The van der Waals surface area contributed by atoms with Gasteiger partial charge in [-0.3, -0.25) is 19.4 Å². The number of fused-ring (bicyclic) bond motifs is 1. The van der Waals surface area contributed by atoms with E-state index >= 15 is 0 Å². The number of aromatic amines is 1. The van der Waals surface area contributed by atoms with Crippen molar-refractivity contribution in [3.63, 3.8) is 0 Å². The number of carbonyl (C=O) groups excluding carboxylic acids is 2. The van der Waals surface area contributed by atoms with Crippen molar-refractivity contribution in [3.8, 4) is 0 Å². The van der Waals surface area contributed by atoms with Crippen molar-refractivity contribution in [2.75, 3.05) is 19.6 Å². The first-order valence-corrected chi connectivity index (χ1v) is 10.7. The van der Waals surface area contributed by atoms with Crippen LogP contribution in [-0.2, 0) is 17.8 Å². The molecule has 2 amide bonds. The highest BCUT2D eigenvalue weighted by Gasteiger charge is 2.29. The minimum absolute atomic E-state index is 0.0576. The molecule has 0 radical (unpaired) electrons. The molecule has 30 heavy (non-hydrogen) atoms. The molecule has 4 rings (SSSR count). The van der Waals surface area contributed by atoms with E-state index in [-0.39, 0.29) is 23.3 Å². The normalized spacial score (nSPS) is 17.0. The topological polar surface area (TPSA) is 99.3 Å². The van der Waals surface area contributed by atoms with E-state index in [4.69, 9.17) is 4.98 Å². The third kappa shape index (κ3) is 4.13. The summed E-state index contributed by atoms with van der Waals surface area (Å²) in [7, 11) is 0. The molecule has 4 heterocycles. The van der Waals surface area contributed by atoms with E-state index in [9.17, 15) is 14.4 Å². The Morgan fingerprint density at radius 2 is 1.97 bits per heavy atom. The maximum atomic E-state index is 12.7. The van der Waals surface area contributed by atoms with Gasteiger partial charge in [-0.1, -0.05) is 13.0 Å². The summed E-state index contributed by atoms with van der Waals surface area (Å²) < 4.78 is 0. The molecule has 2 aromatic heterocycles. The number of hydrogen-bond donors (Lipinski definition) is 1. The van der Waals surface area contributed by atoms with Gasteiger partial charge in [-0.25, -0.2) is 4.98 Å². The Bertz CT molecular complexity index is 980. The quantitative estimate of drug-likeness (QED) is 0.831. The standard InChI is InChI=1S/C22H27N5O3/c1-2-5-19(28)27-13-9-17-16(14-27)21(29)25-20(24-17)15-7-11-26(12-8-15)22(30)18-6-3-4-10-23-18/h3-4,6,10,15H,2,5,7-9,11-14H2,1H3,(H,24,25,29). The first-order chi connectivity index (χ1) is 14.6. The number of amides is 2. The molecule has 0 saturated carbocycles. The summed E-state index contributed by atoms with van der Waals surface area (Å²) in [6.45, 7) is 4.15. The van der Waals surface area contributed by atoms with E-state index < -0.39 is 0 Å². The van der Waals surface area contributed by atoms with Gasteiger partial charge in [-0.15, -0.1) is 0 Å². The Kier molecular flexibility index (Phi) is 5.92. The number of hydrogen-bond acceptors (Lipinski definition) is 5.